The van der Waals surface area contributed by atoms with Gasteiger partial charge in [0.25, 0.3) is 0 Å². The average Bonchev–Trinajstić information content (AvgIpc) is 3.27. The van der Waals surface area contributed by atoms with Crippen molar-refractivity contribution in [1.29, 1.82) is 0 Å². The van der Waals surface area contributed by atoms with Gasteiger partial charge in [0.15, 0.2) is 6.10 Å². The van der Waals surface area contributed by atoms with E-state index in [4.69, 9.17) is 14.2 Å². The maximum Gasteiger partial charge on any atom is 0.306 e. The lowest BCUT2D eigenvalue weighted by molar-refractivity contribution is -0.167. The molecule has 0 aliphatic heterocycles. The van der Waals surface area contributed by atoms with Crippen LogP contribution in [0.4, 0.5) is 0 Å². The quantitative estimate of drug-likeness (QED) is 0.0344. The Morgan fingerprint density at radius 2 is 0.524 bits per heavy atom. The fourth-order valence-electron chi connectivity index (χ4n) is 8.75. The topological polar surface area (TPSA) is 78.9 Å². The number of esters is 3. The van der Waals surface area contributed by atoms with E-state index in [9.17, 15) is 14.4 Å². The van der Waals surface area contributed by atoms with Gasteiger partial charge in [-0.05, 0) is 25.2 Å². The van der Waals surface area contributed by atoms with Crippen molar-refractivity contribution >= 4 is 17.9 Å². The summed E-state index contributed by atoms with van der Waals surface area (Å²) in [5, 5.41) is 0. The lowest BCUT2D eigenvalue weighted by Gasteiger charge is -2.18. The first kappa shape index (κ1) is 61.4. The molecule has 0 aromatic carbocycles. The van der Waals surface area contributed by atoms with Crippen LogP contribution in [0.25, 0.3) is 0 Å². The van der Waals surface area contributed by atoms with E-state index in [2.05, 4.69) is 27.7 Å². The number of unbranched alkanes of at least 4 members (excludes halogenated alkanes) is 39. The third-order valence-electron chi connectivity index (χ3n) is 13.0. The number of hydrogen-bond acceptors (Lipinski definition) is 6. The second-order valence-corrected chi connectivity index (χ2v) is 20.1. The molecule has 0 fully saturated rings. The highest BCUT2D eigenvalue weighted by Gasteiger charge is 2.19. The number of hydrogen-bond donors (Lipinski definition) is 0. The second-order valence-electron chi connectivity index (χ2n) is 20.1. The monoisotopic (exact) mass is 891 g/mol. The molecular formula is C57H110O6. The van der Waals surface area contributed by atoms with Crippen molar-refractivity contribution < 1.29 is 28.6 Å². The van der Waals surface area contributed by atoms with Gasteiger partial charge in [-0.1, -0.05) is 285 Å². The van der Waals surface area contributed by atoms with E-state index in [1.807, 2.05) is 0 Å². The van der Waals surface area contributed by atoms with Gasteiger partial charge < -0.3 is 14.2 Å². The van der Waals surface area contributed by atoms with Gasteiger partial charge in [-0.2, -0.15) is 0 Å². The molecule has 0 saturated heterocycles. The summed E-state index contributed by atoms with van der Waals surface area (Å²) in [6, 6.07) is 0. The summed E-state index contributed by atoms with van der Waals surface area (Å²) in [6.07, 6.45) is 55.2. The number of rotatable bonds is 52. The zero-order valence-electron chi connectivity index (χ0n) is 43.0. The summed E-state index contributed by atoms with van der Waals surface area (Å²) in [4.78, 5) is 38.0. The molecule has 0 aliphatic rings. The Morgan fingerprint density at radius 3 is 0.778 bits per heavy atom. The van der Waals surface area contributed by atoms with Crippen LogP contribution < -0.4 is 0 Å². The molecule has 374 valence electrons. The smallest absolute Gasteiger partial charge is 0.306 e. The molecule has 0 heterocycles. The fraction of sp³-hybridized carbons (Fsp3) is 0.947. The van der Waals surface area contributed by atoms with Crippen molar-refractivity contribution in [2.45, 2.75) is 329 Å². The number of ether oxygens (including phenoxy) is 3. The average molecular weight is 892 g/mol. The summed E-state index contributed by atoms with van der Waals surface area (Å²) in [5.41, 5.74) is 0. The molecule has 0 saturated carbocycles. The van der Waals surface area contributed by atoms with E-state index in [1.165, 1.54) is 218 Å². The Kier molecular flexibility index (Phi) is 50.1. The molecule has 0 amide bonds. The van der Waals surface area contributed by atoms with Gasteiger partial charge in [0.2, 0.25) is 0 Å². The zero-order valence-corrected chi connectivity index (χ0v) is 43.0. The van der Waals surface area contributed by atoms with E-state index in [-0.39, 0.29) is 31.1 Å². The largest absolute Gasteiger partial charge is 0.462 e. The molecule has 6 nitrogen and oxygen atoms in total. The van der Waals surface area contributed by atoms with Crippen LogP contribution >= 0.6 is 0 Å². The van der Waals surface area contributed by atoms with Crippen LogP contribution in [0.5, 0.6) is 0 Å². The maximum absolute atomic E-state index is 12.8. The van der Waals surface area contributed by atoms with Crippen LogP contribution in [0.3, 0.4) is 0 Å². The highest BCUT2D eigenvalue weighted by Crippen LogP contribution is 2.18. The molecule has 0 aromatic heterocycles. The summed E-state index contributed by atoms with van der Waals surface area (Å²) in [6.45, 7) is 9.06. The molecule has 0 rings (SSSR count). The first-order valence-electron chi connectivity index (χ1n) is 28.4. The Labute approximate surface area is 393 Å². The third-order valence-corrected chi connectivity index (χ3v) is 13.0. The lowest BCUT2D eigenvalue weighted by atomic mass is 10.0. The van der Waals surface area contributed by atoms with E-state index >= 15 is 0 Å². The SMILES string of the molecule is CCCCCCCCCCCCCCCCCC(=O)OC[C@@H](COC(=O)CCCCCCCCCCCCCCCCCCC(C)C)OC(=O)CCCCCCCCCCCCC. The van der Waals surface area contributed by atoms with E-state index in [1.54, 1.807) is 0 Å². The van der Waals surface area contributed by atoms with Crippen molar-refractivity contribution in [1.82, 2.24) is 0 Å². The Balaban J connectivity index is 4.23. The molecule has 1 atom stereocenters. The van der Waals surface area contributed by atoms with Gasteiger partial charge in [0, 0.05) is 19.3 Å². The summed E-state index contributed by atoms with van der Waals surface area (Å²) in [7, 11) is 0. The van der Waals surface area contributed by atoms with Gasteiger partial charge >= 0.3 is 17.9 Å². The van der Waals surface area contributed by atoms with Gasteiger partial charge in [-0.15, -0.1) is 0 Å². The van der Waals surface area contributed by atoms with Gasteiger partial charge in [0.05, 0.1) is 0 Å². The molecule has 0 spiro atoms. The molecule has 0 radical (unpaired) electrons. The molecule has 0 bridgehead atoms. The first-order chi connectivity index (χ1) is 30.9. The normalized spacial score (nSPS) is 12.0. The van der Waals surface area contributed by atoms with Crippen LogP contribution in [0.2, 0.25) is 0 Å². The highest BCUT2D eigenvalue weighted by atomic mass is 16.6. The zero-order chi connectivity index (χ0) is 45.9. The number of carbonyl (C=O) groups is 3. The van der Waals surface area contributed by atoms with Crippen molar-refractivity contribution in [3.8, 4) is 0 Å². The van der Waals surface area contributed by atoms with E-state index in [0.717, 1.165) is 63.7 Å². The summed E-state index contributed by atoms with van der Waals surface area (Å²) >= 11 is 0. The number of carbonyl (C=O) groups excluding carboxylic acids is 3. The lowest BCUT2D eigenvalue weighted by Crippen LogP contribution is -2.30. The fourth-order valence-corrected chi connectivity index (χ4v) is 8.75. The van der Waals surface area contributed by atoms with Crippen molar-refractivity contribution in [3.63, 3.8) is 0 Å². The second kappa shape index (κ2) is 51.4. The Hall–Kier alpha value is -1.59. The van der Waals surface area contributed by atoms with Gasteiger partial charge in [-0.3, -0.25) is 14.4 Å². The molecule has 0 aliphatic carbocycles. The highest BCUT2D eigenvalue weighted by molar-refractivity contribution is 5.71. The van der Waals surface area contributed by atoms with Crippen LogP contribution in [-0.4, -0.2) is 37.2 Å². The minimum Gasteiger partial charge on any atom is -0.462 e. The van der Waals surface area contributed by atoms with Crippen molar-refractivity contribution in [2.24, 2.45) is 5.92 Å². The molecular weight excluding hydrogens is 781 g/mol. The summed E-state index contributed by atoms with van der Waals surface area (Å²) < 4.78 is 16.9. The van der Waals surface area contributed by atoms with Crippen LogP contribution in [0.1, 0.15) is 323 Å². The maximum atomic E-state index is 12.8. The Bertz CT molecular complexity index is 949. The molecule has 0 aromatic rings. The van der Waals surface area contributed by atoms with Crippen LogP contribution in [0.15, 0.2) is 0 Å². The predicted molar refractivity (Wildman–Crippen MR) is 270 cm³/mol. The van der Waals surface area contributed by atoms with E-state index < -0.39 is 6.10 Å². The Morgan fingerprint density at radius 1 is 0.302 bits per heavy atom. The van der Waals surface area contributed by atoms with Crippen LogP contribution in [-0.2, 0) is 28.6 Å². The molecule has 0 unspecified atom stereocenters. The standard InChI is InChI=1S/C57H110O6/c1-5-7-9-11-13-15-17-18-21-25-29-32-36-40-44-48-55(58)61-51-54(63-57(60)50-46-42-38-34-27-16-14-12-10-8-6-2)52-62-56(59)49-45-41-37-33-30-26-23-20-19-22-24-28-31-35-39-43-47-53(3)4/h53-54H,5-52H2,1-4H3/t54-/m0/s1. The van der Waals surface area contributed by atoms with Crippen molar-refractivity contribution in [2.75, 3.05) is 13.2 Å². The molecule has 0 N–H and O–H groups in total. The van der Waals surface area contributed by atoms with Crippen molar-refractivity contribution in [3.05, 3.63) is 0 Å². The van der Waals surface area contributed by atoms with Gasteiger partial charge in [-0.25, -0.2) is 0 Å². The van der Waals surface area contributed by atoms with E-state index in [0.29, 0.717) is 19.3 Å². The first-order valence-corrected chi connectivity index (χ1v) is 28.4. The minimum absolute atomic E-state index is 0.0620. The van der Waals surface area contributed by atoms with Crippen LogP contribution in [0, 0.1) is 5.92 Å². The third kappa shape index (κ3) is 51.3. The summed E-state index contributed by atoms with van der Waals surface area (Å²) in [5.74, 6) is 0.0154. The minimum atomic E-state index is -0.761. The molecule has 6 heteroatoms. The molecule has 63 heavy (non-hydrogen) atoms. The predicted octanol–water partition coefficient (Wildman–Crippen LogP) is 18.6. The van der Waals surface area contributed by atoms with Gasteiger partial charge in [0.1, 0.15) is 13.2 Å².